The summed E-state index contributed by atoms with van der Waals surface area (Å²) in [5.41, 5.74) is 0.956. The van der Waals surface area contributed by atoms with Gasteiger partial charge in [-0.1, -0.05) is 30.3 Å². The Labute approximate surface area is 166 Å². The number of benzene rings is 3. The molecule has 0 radical (unpaired) electrons. The molecule has 0 bridgehead atoms. The van der Waals surface area contributed by atoms with Gasteiger partial charge in [0.15, 0.2) is 12.3 Å². The molecule has 0 aliphatic rings. The standard InChI is InChI=1S/C22H19N3O4/c1-25-19-10-9-16(28-2)12-18(19)21(22(25)27)24-23-20(26)13-29-17-8-7-14-5-3-4-6-15(14)11-17/h3-12,27H,13H2,1-2H3. The van der Waals surface area contributed by atoms with E-state index in [1.165, 1.54) is 0 Å². The lowest BCUT2D eigenvalue weighted by molar-refractivity contribution is -0.120. The molecule has 146 valence electrons. The fourth-order valence-electron chi connectivity index (χ4n) is 3.15. The van der Waals surface area contributed by atoms with Crippen molar-refractivity contribution >= 4 is 33.3 Å². The van der Waals surface area contributed by atoms with Crippen molar-refractivity contribution < 1.29 is 19.4 Å². The number of fused-ring (bicyclic) bond motifs is 2. The Kier molecular flexibility index (Phi) is 4.87. The molecule has 0 spiro atoms. The summed E-state index contributed by atoms with van der Waals surface area (Å²) < 4.78 is 12.3. The molecule has 1 N–H and O–H groups in total. The third-order valence-electron chi connectivity index (χ3n) is 4.69. The van der Waals surface area contributed by atoms with Crippen molar-refractivity contribution in [2.45, 2.75) is 0 Å². The minimum atomic E-state index is -0.558. The van der Waals surface area contributed by atoms with E-state index >= 15 is 0 Å². The molecule has 4 aromatic rings. The van der Waals surface area contributed by atoms with Gasteiger partial charge in [-0.25, -0.2) is 0 Å². The largest absolute Gasteiger partial charge is 0.497 e. The number of carbonyl (C=O) groups excluding carboxylic acids is 1. The second-order valence-electron chi connectivity index (χ2n) is 6.51. The molecule has 3 aromatic carbocycles. The SMILES string of the molecule is COc1ccc2c(c1)c(N=NC(=O)COc1ccc3ccccc3c1)c(O)n2C. The number of azo groups is 1. The number of hydrogen-bond donors (Lipinski definition) is 1. The monoisotopic (exact) mass is 389 g/mol. The quantitative estimate of drug-likeness (QED) is 0.500. The first-order valence-electron chi connectivity index (χ1n) is 8.98. The van der Waals surface area contributed by atoms with Crippen LogP contribution < -0.4 is 9.47 Å². The highest BCUT2D eigenvalue weighted by molar-refractivity contribution is 5.96. The summed E-state index contributed by atoms with van der Waals surface area (Å²) in [4.78, 5) is 12.1. The van der Waals surface area contributed by atoms with Crippen molar-refractivity contribution in [3.05, 3.63) is 60.7 Å². The van der Waals surface area contributed by atoms with E-state index in [9.17, 15) is 9.90 Å². The van der Waals surface area contributed by atoms with E-state index in [2.05, 4.69) is 10.2 Å². The zero-order valence-electron chi connectivity index (χ0n) is 16.0. The average molecular weight is 389 g/mol. The maximum Gasteiger partial charge on any atom is 0.302 e. The first-order chi connectivity index (χ1) is 14.1. The fraction of sp³-hybridized carbons (Fsp3) is 0.136. The number of nitrogens with zero attached hydrogens (tertiary/aromatic N) is 3. The average Bonchev–Trinajstić information content (AvgIpc) is 2.99. The molecule has 0 aliphatic heterocycles. The molecule has 29 heavy (non-hydrogen) atoms. The highest BCUT2D eigenvalue weighted by Crippen LogP contribution is 2.39. The van der Waals surface area contributed by atoms with Gasteiger partial charge in [0.1, 0.15) is 11.5 Å². The van der Waals surface area contributed by atoms with Gasteiger partial charge < -0.3 is 19.1 Å². The summed E-state index contributed by atoms with van der Waals surface area (Å²) in [5.74, 6) is 0.549. The molecule has 0 atom stereocenters. The first kappa shape index (κ1) is 18.5. The first-order valence-corrected chi connectivity index (χ1v) is 8.98. The Balaban J connectivity index is 1.51. The third-order valence-corrected chi connectivity index (χ3v) is 4.69. The van der Waals surface area contributed by atoms with Gasteiger partial charge >= 0.3 is 5.91 Å². The topological polar surface area (TPSA) is 85.4 Å². The van der Waals surface area contributed by atoms with Crippen molar-refractivity contribution in [2.75, 3.05) is 13.7 Å². The van der Waals surface area contributed by atoms with Crippen LogP contribution in [-0.2, 0) is 11.8 Å². The molecular formula is C22H19N3O4. The molecule has 0 unspecified atom stereocenters. The number of aromatic nitrogens is 1. The second-order valence-corrected chi connectivity index (χ2v) is 6.51. The molecular weight excluding hydrogens is 370 g/mol. The summed E-state index contributed by atoms with van der Waals surface area (Å²) in [6, 6.07) is 18.8. The van der Waals surface area contributed by atoms with Crippen LogP contribution in [0.4, 0.5) is 5.69 Å². The van der Waals surface area contributed by atoms with Crippen LogP contribution in [-0.4, -0.2) is 29.3 Å². The summed E-state index contributed by atoms with van der Waals surface area (Å²) in [7, 11) is 3.26. The molecule has 0 fully saturated rings. The van der Waals surface area contributed by atoms with Crippen LogP contribution in [0.1, 0.15) is 0 Å². The maximum atomic E-state index is 12.1. The lowest BCUT2D eigenvalue weighted by Crippen LogP contribution is -2.07. The Bertz CT molecular complexity index is 1240. The Hall–Kier alpha value is -3.87. The highest BCUT2D eigenvalue weighted by atomic mass is 16.5. The third kappa shape index (κ3) is 3.62. The molecule has 7 heteroatoms. The van der Waals surface area contributed by atoms with Gasteiger partial charge in [-0.3, -0.25) is 4.79 Å². The number of hydrogen-bond acceptors (Lipinski definition) is 5. The normalized spacial score (nSPS) is 11.4. The minimum absolute atomic E-state index is 0.0831. The van der Waals surface area contributed by atoms with Gasteiger partial charge in [0.25, 0.3) is 0 Å². The Morgan fingerprint density at radius 1 is 1.03 bits per heavy atom. The number of methoxy groups -OCH3 is 1. The van der Waals surface area contributed by atoms with Crippen molar-refractivity contribution in [2.24, 2.45) is 17.3 Å². The molecule has 0 saturated heterocycles. The zero-order valence-corrected chi connectivity index (χ0v) is 16.0. The number of aromatic hydroxyl groups is 1. The van der Waals surface area contributed by atoms with Crippen LogP contribution in [0.25, 0.3) is 21.7 Å². The van der Waals surface area contributed by atoms with Crippen molar-refractivity contribution in [1.82, 2.24) is 4.57 Å². The van der Waals surface area contributed by atoms with E-state index in [1.807, 2.05) is 36.4 Å². The number of amides is 1. The van der Waals surface area contributed by atoms with Crippen LogP contribution in [0.2, 0.25) is 0 Å². The molecule has 0 saturated carbocycles. The molecule has 0 aliphatic carbocycles. The van der Waals surface area contributed by atoms with Crippen molar-refractivity contribution in [3.8, 4) is 17.4 Å². The second kappa shape index (κ2) is 7.63. The van der Waals surface area contributed by atoms with Crippen LogP contribution >= 0.6 is 0 Å². The van der Waals surface area contributed by atoms with E-state index in [0.29, 0.717) is 16.9 Å². The number of carbonyl (C=O) groups is 1. The van der Waals surface area contributed by atoms with Gasteiger partial charge in [0.2, 0.25) is 5.88 Å². The summed E-state index contributed by atoms with van der Waals surface area (Å²) in [6.45, 7) is -0.253. The van der Waals surface area contributed by atoms with Crippen LogP contribution in [0, 0.1) is 0 Å². The van der Waals surface area contributed by atoms with Gasteiger partial charge in [-0.05, 0) is 41.1 Å². The van der Waals surface area contributed by atoms with E-state index in [-0.39, 0.29) is 18.2 Å². The summed E-state index contributed by atoms with van der Waals surface area (Å²) >= 11 is 0. The summed E-state index contributed by atoms with van der Waals surface area (Å²) in [5, 5.41) is 20.7. The van der Waals surface area contributed by atoms with Crippen molar-refractivity contribution in [1.29, 1.82) is 0 Å². The van der Waals surface area contributed by atoms with Crippen molar-refractivity contribution in [3.63, 3.8) is 0 Å². The van der Waals surface area contributed by atoms with Crippen LogP contribution in [0.15, 0.2) is 70.9 Å². The van der Waals surface area contributed by atoms with E-state index in [0.717, 1.165) is 16.3 Å². The van der Waals surface area contributed by atoms with E-state index in [1.54, 1.807) is 43.0 Å². The number of rotatable bonds is 5. The van der Waals surface area contributed by atoms with Gasteiger partial charge in [-0.2, -0.15) is 0 Å². The lowest BCUT2D eigenvalue weighted by atomic mass is 10.1. The smallest absolute Gasteiger partial charge is 0.302 e. The molecule has 7 nitrogen and oxygen atoms in total. The van der Waals surface area contributed by atoms with Crippen LogP contribution in [0.3, 0.4) is 0 Å². The molecule has 1 aromatic heterocycles. The fourth-order valence-corrected chi connectivity index (χ4v) is 3.15. The molecule has 4 rings (SSSR count). The van der Waals surface area contributed by atoms with E-state index in [4.69, 9.17) is 9.47 Å². The minimum Gasteiger partial charge on any atom is -0.497 e. The highest BCUT2D eigenvalue weighted by Gasteiger charge is 2.15. The van der Waals surface area contributed by atoms with Gasteiger partial charge in [0.05, 0.1) is 12.6 Å². The lowest BCUT2D eigenvalue weighted by Gasteiger charge is -2.04. The zero-order chi connectivity index (χ0) is 20.4. The molecule has 1 amide bonds. The predicted octanol–water partition coefficient (Wildman–Crippen LogP) is 4.74. The van der Waals surface area contributed by atoms with Gasteiger partial charge in [0, 0.05) is 12.4 Å². The van der Waals surface area contributed by atoms with E-state index < -0.39 is 5.91 Å². The number of ether oxygens (including phenoxy) is 2. The Morgan fingerprint density at radius 3 is 2.59 bits per heavy atom. The molecule has 1 heterocycles. The van der Waals surface area contributed by atoms with Gasteiger partial charge in [-0.15, -0.1) is 10.2 Å². The maximum absolute atomic E-state index is 12.1. The number of aryl methyl sites for hydroxylation is 1. The van der Waals surface area contributed by atoms with Crippen LogP contribution in [0.5, 0.6) is 17.4 Å². The predicted molar refractivity (Wildman–Crippen MR) is 110 cm³/mol. The summed E-state index contributed by atoms with van der Waals surface area (Å²) in [6.07, 6.45) is 0. The Morgan fingerprint density at radius 2 is 1.79 bits per heavy atom.